The highest BCUT2D eigenvalue weighted by atomic mass is 32.1. The summed E-state index contributed by atoms with van der Waals surface area (Å²) in [5.74, 6) is 0.405. The van der Waals surface area contributed by atoms with Crippen LogP contribution in [0.2, 0.25) is 0 Å². The van der Waals surface area contributed by atoms with Crippen LogP contribution in [0.4, 0.5) is 0 Å². The second-order valence-corrected chi connectivity index (χ2v) is 5.33. The maximum absolute atomic E-state index is 5.65. The molecule has 0 aliphatic rings. The molecule has 0 bridgehead atoms. The van der Waals surface area contributed by atoms with Crippen LogP contribution in [0.5, 0.6) is 5.88 Å². The minimum atomic E-state index is 0.273. The van der Waals surface area contributed by atoms with E-state index in [0.717, 1.165) is 6.54 Å². The lowest BCUT2D eigenvalue weighted by Gasteiger charge is -2.30. The first-order valence-electron chi connectivity index (χ1n) is 6.43. The first kappa shape index (κ1) is 15.8. The van der Waals surface area contributed by atoms with Crippen LogP contribution in [0.3, 0.4) is 0 Å². The lowest BCUT2D eigenvalue weighted by Crippen LogP contribution is -2.39. The van der Waals surface area contributed by atoms with Gasteiger partial charge in [0.2, 0.25) is 5.88 Å². The molecule has 0 unspecified atom stereocenters. The lowest BCUT2D eigenvalue weighted by molar-refractivity contribution is 0.139. The van der Waals surface area contributed by atoms with Gasteiger partial charge in [0.1, 0.15) is 11.6 Å². The second-order valence-electron chi connectivity index (χ2n) is 4.89. The number of rotatable bonds is 7. The molecule has 0 fully saturated rings. The number of thiocarbonyl (C=S) groups is 1. The van der Waals surface area contributed by atoms with Gasteiger partial charge in [-0.3, -0.25) is 4.90 Å². The van der Waals surface area contributed by atoms with E-state index in [1.54, 1.807) is 12.3 Å². The minimum absolute atomic E-state index is 0.273. The van der Waals surface area contributed by atoms with Gasteiger partial charge in [-0.25, -0.2) is 0 Å². The maximum Gasteiger partial charge on any atom is 0.243 e. The first-order valence-corrected chi connectivity index (χ1v) is 6.84. The SMILES string of the molecule is CC(C)N(CCOc1nnccc1C(N)=S)C(C)C. The summed E-state index contributed by atoms with van der Waals surface area (Å²) in [5.41, 5.74) is 6.25. The number of hydrogen-bond acceptors (Lipinski definition) is 5. The Morgan fingerprint density at radius 3 is 2.53 bits per heavy atom. The van der Waals surface area contributed by atoms with Crippen molar-refractivity contribution < 1.29 is 4.74 Å². The lowest BCUT2D eigenvalue weighted by atomic mass is 10.2. The topological polar surface area (TPSA) is 64.3 Å². The van der Waals surface area contributed by atoms with Crippen molar-refractivity contribution in [1.29, 1.82) is 0 Å². The van der Waals surface area contributed by atoms with Gasteiger partial charge in [-0.15, -0.1) is 5.10 Å². The van der Waals surface area contributed by atoms with Gasteiger partial charge in [0.25, 0.3) is 0 Å². The molecule has 0 saturated carbocycles. The molecule has 106 valence electrons. The van der Waals surface area contributed by atoms with Gasteiger partial charge in [-0.05, 0) is 33.8 Å². The van der Waals surface area contributed by atoms with Crippen molar-refractivity contribution in [1.82, 2.24) is 15.1 Å². The number of hydrogen-bond donors (Lipinski definition) is 1. The monoisotopic (exact) mass is 282 g/mol. The molecule has 0 spiro atoms. The zero-order valence-corrected chi connectivity index (χ0v) is 12.8. The fourth-order valence-corrected chi connectivity index (χ4v) is 2.13. The molecule has 0 aliphatic heterocycles. The summed E-state index contributed by atoms with van der Waals surface area (Å²) in [5, 5.41) is 7.72. The molecular formula is C13H22N4OS. The van der Waals surface area contributed by atoms with Gasteiger partial charge < -0.3 is 10.5 Å². The van der Waals surface area contributed by atoms with Gasteiger partial charge in [0.05, 0.1) is 11.8 Å². The van der Waals surface area contributed by atoms with Crippen molar-refractivity contribution in [3.8, 4) is 5.88 Å². The molecule has 0 aliphatic carbocycles. The Kier molecular flexibility index (Phi) is 6.11. The predicted octanol–water partition coefficient (Wildman–Crippen LogP) is 1.61. The van der Waals surface area contributed by atoms with Crippen molar-refractivity contribution in [2.45, 2.75) is 39.8 Å². The van der Waals surface area contributed by atoms with E-state index in [1.165, 1.54) is 0 Å². The highest BCUT2D eigenvalue weighted by molar-refractivity contribution is 7.80. The maximum atomic E-state index is 5.65. The van der Waals surface area contributed by atoms with Gasteiger partial charge in [-0.2, -0.15) is 5.10 Å². The van der Waals surface area contributed by atoms with E-state index in [-0.39, 0.29) is 4.99 Å². The highest BCUT2D eigenvalue weighted by Crippen LogP contribution is 2.13. The number of nitrogens with zero attached hydrogens (tertiary/aromatic N) is 3. The average Bonchev–Trinajstić information content (AvgIpc) is 2.33. The first-order chi connectivity index (χ1) is 8.93. The van der Waals surface area contributed by atoms with Gasteiger partial charge in [0.15, 0.2) is 0 Å². The van der Waals surface area contributed by atoms with Gasteiger partial charge >= 0.3 is 0 Å². The number of aromatic nitrogens is 2. The van der Waals surface area contributed by atoms with E-state index >= 15 is 0 Å². The summed E-state index contributed by atoms with van der Waals surface area (Å²) >= 11 is 4.95. The van der Waals surface area contributed by atoms with Crippen LogP contribution in [-0.2, 0) is 0 Å². The average molecular weight is 282 g/mol. The molecule has 1 rings (SSSR count). The third-order valence-electron chi connectivity index (χ3n) is 2.87. The Morgan fingerprint density at radius 1 is 1.37 bits per heavy atom. The molecule has 2 N–H and O–H groups in total. The number of ether oxygens (including phenoxy) is 1. The molecule has 1 aromatic heterocycles. The van der Waals surface area contributed by atoms with Crippen molar-refractivity contribution in [3.05, 3.63) is 17.8 Å². The standard InChI is InChI=1S/C13H22N4OS/c1-9(2)17(10(3)4)7-8-18-13-11(12(14)19)5-6-15-16-13/h5-6,9-10H,7-8H2,1-4H3,(H2,14,19). The fraction of sp³-hybridized carbons (Fsp3) is 0.615. The second kappa shape index (κ2) is 7.35. The summed E-state index contributed by atoms with van der Waals surface area (Å²) in [4.78, 5) is 2.62. The Balaban J connectivity index is 2.60. The van der Waals surface area contributed by atoms with Crippen LogP contribution in [0.25, 0.3) is 0 Å². The molecule has 5 nitrogen and oxygen atoms in total. The zero-order chi connectivity index (χ0) is 14.4. The van der Waals surface area contributed by atoms with Crippen LogP contribution in [0.1, 0.15) is 33.3 Å². The van der Waals surface area contributed by atoms with E-state index in [1.807, 2.05) is 0 Å². The van der Waals surface area contributed by atoms with Crippen LogP contribution in [0, 0.1) is 0 Å². The Morgan fingerprint density at radius 2 is 2.00 bits per heavy atom. The van der Waals surface area contributed by atoms with Crippen LogP contribution in [0.15, 0.2) is 12.3 Å². The van der Waals surface area contributed by atoms with E-state index < -0.39 is 0 Å². The molecule has 0 radical (unpaired) electrons. The molecule has 0 amide bonds. The van der Waals surface area contributed by atoms with Crippen LogP contribution in [-0.4, -0.2) is 45.3 Å². The molecular weight excluding hydrogens is 260 g/mol. The molecule has 6 heteroatoms. The van der Waals surface area contributed by atoms with Crippen molar-refractivity contribution in [2.75, 3.05) is 13.2 Å². The minimum Gasteiger partial charge on any atom is -0.475 e. The third-order valence-corrected chi connectivity index (χ3v) is 3.09. The summed E-state index contributed by atoms with van der Waals surface area (Å²) in [6.45, 7) is 10.0. The smallest absolute Gasteiger partial charge is 0.243 e. The highest BCUT2D eigenvalue weighted by Gasteiger charge is 2.14. The Bertz CT molecular complexity index is 415. The van der Waals surface area contributed by atoms with Gasteiger partial charge in [-0.1, -0.05) is 12.2 Å². The normalized spacial score (nSPS) is 11.3. The zero-order valence-electron chi connectivity index (χ0n) is 12.0. The summed E-state index contributed by atoms with van der Waals surface area (Å²) in [6, 6.07) is 2.66. The Labute approximate surface area is 120 Å². The summed E-state index contributed by atoms with van der Waals surface area (Å²) in [7, 11) is 0. The fourth-order valence-electron chi connectivity index (χ4n) is 1.97. The van der Waals surface area contributed by atoms with Crippen LogP contribution >= 0.6 is 12.2 Å². The van der Waals surface area contributed by atoms with E-state index in [2.05, 4.69) is 42.8 Å². The van der Waals surface area contributed by atoms with E-state index in [4.69, 9.17) is 22.7 Å². The molecule has 1 aromatic rings. The summed E-state index contributed by atoms with van der Waals surface area (Å²) < 4.78 is 5.65. The van der Waals surface area contributed by atoms with Crippen molar-refractivity contribution in [3.63, 3.8) is 0 Å². The Hall–Kier alpha value is -1.27. The predicted molar refractivity (Wildman–Crippen MR) is 80.4 cm³/mol. The van der Waals surface area contributed by atoms with E-state index in [0.29, 0.717) is 30.1 Å². The van der Waals surface area contributed by atoms with Gasteiger partial charge in [0, 0.05) is 18.6 Å². The molecule has 0 atom stereocenters. The van der Waals surface area contributed by atoms with Crippen molar-refractivity contribution >= 4 is 17.2 Å². The largest absolute Gasteiger partial charge is 0.475 e. The molecule has 0 saturated heterocycles. The summed E-state index contributed by atoms with van der Waals surface area (Å²) in [6.07, 6.45) is 1.55. The molecule has 0 aromatic carbocycles. The van der Waals surface area contributed by atoms with Crippen molar-refractivity contribution in [2.24, 2.45) is 5.73 Å². The molecule has 1 heterocycles. The van der Waals surface area contributed by atoms with Crippen LogP contribution < -0.4 is 10.5 Å². The quantitative estimate of drug-likeness (QED) is 0.767. The number of nitrogens with two attached hydrogens (primary N) is 1. The molecule has 19 heavy (non-hydrogen) atoms. The third kappa shape index (κ3) is 4.72. The van der Waals surface area contributed by atoms with E-state index in [9.17, 15) is 0 Å².